The zero-order valence-electron chi connectivity index (χ0n) is 18.9. The second-order valence-corrected chi connectivity index (χ2v) is 9.60. The fourth-order valence-corrected chi connectivity index (χ4v) is 4.78. The number of rotatable bonds is 9. The molecule has 3 N–H and O–H groups in total. The number of urea groups is 1. The Hall–Kier alpha value is -2.83. The molecule has 1 aromatic rings. The maximum absolute atomic E-state index is 12.6. The van der Waals surface area contributed by atoms with Crippen LogP contribution in [0.1, 0.15) is 24.8 Å². The van der Waals surface area contributed by atoms with Crippen LogP contribution >= 0.6 is 0 Å². The van der Waals surface area contributed by atoms with Gasteiger partial charge in [0.25, 0.3) is 0 Å². The summed E-state index contributed by atoms with van der Waals surface area (Å²) in [7, 11) is 0. The smallest absolute Gasteiger partial charge is 0.317 e. The third-order valence-corrected chi connectivity index (χ3v) is 6.52. The predicted molar refractivity (Wildman–Crippen MR) is 121 cm³/mol. The van der Waals surface area contributed by atoms with Gasteiger partial charge in [-0.05, 0) is 61.3 Å². The van der Waals surface area contributed by atoms with Gasteiger partial charge in [-0.3, -0.25) is 9.69 Å². The van der Waals surface area contributed by atoms with Gasteiger partial charge in [0.15, 0.2) is 0 Å². The number of nitriles is 1. The van der Waals surface area contributed by atoms with E-state index >= 15 is 0 Å². The summed E-state index contributed by atoms with van der Waals surface area (Å²) in [5, 5.41) is 24.9. The van der Waals surface area contributed by atoms with Crippen LogP contribution in [0, 0.1) is 29.1 Å². The molecule has 0 spiro atoms. The van der Waals surface area contributed by atoms with Crippen molar-refractivity contribution in [2.75, 3.05) is 52.4 Å². The molecule has 4 rings (SSSR count). The molecule has 33 heavy (non-hydrogen) atoms. The minimum atomic E-state index is -0.618. The molecule has 2 aliphatic heterocycles. The topological polar surface area (TPSA) is 118 Å². The number of likely N-dealkylation sites (tertiary alicyclic amines) is 2. The van der Waals surface area contributed by atoms with Gasteiger partial charge < -0.3 is 25.4 Å². The summed E-state index contributed by atoms with van der Waals surface area (Å²) < 4.78 is 5.65. The molecule has 3 fully saturated rings. The van der Waals surface area contributed by atoms with E-state index in [1.165, 1.54) is 12.8 Å². The van der Waals surface area contributed by atoms with E-state index in [9.17, 15) is 14.7 Å². The molecule has 9 heteroatoms. The van der Waals surface area contributed by atoms with Gasteiger partial charge in [0.2, 0.25) is 5.91 Å². The van der Waals surface area contributed by atoms with Gasteiger partial charge in [-0.2, -0.15) is 5.26 Å². The number of ether oxygens (including phenoxy) is 1. The summed E-state index contributed by atoms with van der Waals surface area (Å²) in [6.07, 6.45) is 2.83. The fraction of sp³-hybridized carbons (Fsp3) is 0.625. The first-order chi connectivity index (χ1) is 16.0. The quantitative estimate of drug-likeness (QED) is 0.507. The number of carbonyl (C=O) groups excluding carboxylic acids is 2. The highest BCUT2D eigenvalue weighted by Crippen LogP contribution is 2.29. The molecule has 0 radical (unpaired) electrons. The van der Waals surface area contributed by atoms with Gasteiger partial charge in [-0.1, -0.05) is 0 Å². The summed E-state index contributed by atoms with van der Waals surface area (Å²) >= 11 is 0. The number of piperidine rings is 2. The Morgan fingerprint density at radius 3 is 2.45 bits per heavy atom. The van der Waals surface area contributed by atoms with Crippen LogP contribution in [0.25, 0.3) is 0 Å². The Balaban J connectivity index is 1.16. The number of amides is 3. The van der Waals surface area contributed by atoms with Crippen LogP contribution in [-0.4, -0.2) is 85.4 Å². The number of aliphatic hydroxyl groups excluding tert-OH is 1. The lowest BCUT2D eigenvalue weighted by molar-refractivity contribution is -0.120. The molecule has 0 aromatic heterocycles. The van der Waals surface area contributed by atoms with Crippen LogP contribution in [0.15, 0.2) is 24.3 Å². The first-order valence-corrected chi connectivity index (χ1v) is 11.8. The molecule has 1 aromatic carbocycles. The first-order valence-electron chi connectivity index (χ1n) is 11.8. The van der Waals surface area contributed by atoms with Crippen molar-refractivity contribution in [2.24, 2.45) is 17.8 Å². The summed E-state index contributed by atoms with van der Waals surface area (Å²) in [4.78, 5) is 28.5. The van der Waals surface area contributed by atoms with Gasteiger partial charge in [0.05, 0.1) is 18.2 Å². The molecule has 178 valence electrons. The van der Waals surface area contributed by atoms with E-state index in [1.807, 2.05) is 4.90 Å². The Bertz CT molecular complexity index is 853. The number of aliphatic hydroxyl groups is 1. The van der Waals surface area contributed by atoms with Crippen molar-refractivity contribution < 1.29 is 19.4 Å². The van der Waals surface area contributed by atoms with E-state index in [1.54, 1.807) is 24.3 Å². The minimum absolute atomic E-state index is 0.0228. The van der Waals surface area contributed by atoms with Crippen molar-refractivity contribution >= 4 is 11.9 Å². The van der Waals surface area contributed by atoms with E-state index in [-0.39, 0.29) is 25.1 Å². The van der Waals surface area contributed by atoms with Gasteiger partial charge in [-0.15, -0.1) is 0 Å². The number of nitrogens with one attached hydrogen (secondary N) is 2. The van der Waals surface area contributed by atoms with Crippen LogP contribution in [0.3, 0.4) is 0 Å². The highest BCUT2D eigenvalue weighted by Gasteiger charge is 2.36. The third-order valence-electron chi connectivity index (χ3n) is 6.52. The molecule has 3 unspecified atom stereocenters. The normalized spacial score (nSPS) is 23.3. The Morgan fingerprint density at radius 2 is 1.82 bits per heavy atom. The molecule has 2 heterocycles. The average molecular weight is 456 g/mol. The molecule has 1 saturated carbocycles. The molecule has 3 aliphatic rings. The first kappa shape index (κ1) is 23.3. The number of hydrogen-bond donors (Lipinski definition) is 3. The van der Waals surface area contributed by atoms with Crippen LogP contribution in [0.5, 0.6) is 5.75 Å². The second-order valence-electron chi connectivity index (χ2n) is 9.60. The van der Waals surface area contributed by atoms with Gasteiger partial charge >= 0.3 is 6.03 Å². The Kier molecular flexibility index (Phi) is 7.68. The zero-order chi connectivity index (χ0) is 23.2. The van der Waals surface area contributed by atoms with Crippen molar-refractivity contribution in [3.8, 4) is 11.8 Å². The number of β-amino-alcohol motifs (C(OH)–C–C–N with tert-alkyl or cyclic N) is 1. The molecular weight excluding hydrogens is 422 g/mol. The molecule has 3 amide bonds. The van der Waals surface area contributed by atoms with Crippen LogP contribution in [-0.2, 0) is 4.79 Å². The van der Waals surface area contributed by atoms with E-state index in [4.69, 9.17) is 10.00 Å². The van der Waals surface area contributed by atoms with Crippen molar-refractivity contribution in [2.45, 2.75) is 25.4 Å². The van der Waals surface area contributed by atoms with E-state index in [2.05, 4.69) is 21.6 Å². The maximum Gasteiger partial charge on any atom is 0.317 e. The zero-order valence-corrected chi connectivity index (χ0v) is 18.9. The van der Waals surface area contributed by atoms with Crippen molar-refractivity contribution in [3.05, 3.63) is 29.8 Å². The second kappa shape index (κ2) is 10.9. The summed E-state index contributed by atoms with van der Waals surface area (Å²) in [6, 6.07) is 8.74. The van der Waals surface area contributed by atoms with E-state index < -0.39 is 6.10 Å². The van der Waals surface area contributed by atoms with Crippen LogP contribution in [0.2, 0.25) is 0 Å². The molecule has 2 saturated heterocycles. The van der Waals surface area contributed by atoms with Gasteiger partial charge in [0.1, 0.15) is 18.5 Å². The minimum Gasteiger partial charge on any atom is -0.491 e. The Morgan fingerprint density at radius 1 is 1.12 bits per heavy atom. The SMILES string of the molecule is N#Cc1ccc(OCC(O)CN2CC3CC(C2)CN(C(=O)NCC(=O)NCC2CC2)C3)cc1. The lowest BCUT2D eigenvalue weighted by atomic mass is 9.84. The average Bonchev–Trinajstić information content (AvgIpc) is 3.64. The van der Waals surface area contributed by atoms with Crippen LogP contribution in [0.4, 0.5) is 4.79 Å². The van der Waals surface area contributed by atoms with Gasteiger partial charge in [-0.25, -0.2) is 4.79 Å². The monoisotopic (exact) mass is 455 g/mol. The Labute approximate surface area is 194 Å². The number of fused-ring (bicyclic) bond motifs is 2. The number of hydrogen-bond acceptors (Lipinski definition) is 6. The number of benzene rings is 1. The van der Waals surface area contributed by atoms with Gasteiger partial charge in [0, 0.05) is 39.3 Å². The lowest BCUT2D eigenvalue weighted by Crippen LogP contribution is -2.57. The fourth-order valence-electron chi connectivity index (χ4n) is 4.78. The summed E-state index contributed by atoms with van der Waals surface area (Å²) in [6.45, 7) is 4.44. The number of carbonyl (C=O) groups is 2. The maximum atomic E-state index is 12.6. The molecule has 9 nitrogen and oxygen atoms in total. The lowest BCUT2D eigenvalue weighted by Gasteiger charge is -2.46. The van der Waals surface area contributed by atoms with Crippen molar-refractivity contribution in [1.82, 2.24) is 20.4 Å². The summed E-state index contributed by atoms with van der Waals surface area (Å²) in [5.41, 5.74) is 0.572. The standard InChI is InChI=1S/C24H33N5O4/c25-8-17-3-5-22(6-4-17)33-16-21(30)15-28-11-19-7-20(12-28)14-29(13-19)24(32)27-10-23(31)26-9-18-1-2-18/h3-6,18-21,30H,1-2,7,9-16H2,(H,26,31)(H,27,32). The molecular formula is C24H33N5O4. The van der Waals surface area contributed by atoms with Crippen molar-refractivity contribution in [1.29, 1.82) is 5.26 Å². The van der Waals surface area contributed by atoms with Crippen molar-refractivity contribution in [3.63, 3.8) is 0 Å². The van der Waals surface area contributed by atoms with Crippen LogP contribution < -0.4 is 15.4 Å². The van der Waals surface area contributed by atoms with E-state index in [0.29, 0.717) is 55.2 Å². The predicted octanol–water partition coefficient (Wildman–Crippen LogP) is 0.787. The molecule has 3 atom stereocenters. The largest absolute Gasteiger partial charge is 0.491 e. The molecule has 1 aliphatic carbocycles. The highest BCUT2D eigenvalue weighted by atomic mass is 16.5. The summed E-state index contributed by atoms with van der Waals surface area (Å²) in [5.74, 6) is 1.84. The molecule has 2 bridgehead atoms. The van der Waals surface area contributed by atoms with E-state index in [0.717, 1.165) is 19.5 Å². The third kappa shape index (κ3) is 7.07. The highest BCUT2D eigenvalue weighted by molar-refractivity contribution is 5.84. The number of nitrogens with zero attached hydrogens (tertiary/aromatic N) is 3.